The van der Waals surface area contributed by atoms with Gasteiger partial charge in [0.25, 0.3) is 0 Å². The van der Waals surface area contributed by atoms with E-state index in [1.165, 1.54) is 11.1 Å². The van der Waals surface area contributed by atoms with Crippen LogP contribution in [0, 0.1) is 6.92 Å². The summed E-state index contributed by atoms with van der Waals surface area (Å²) in [6.45, 7) is 12.4. The van der Waals surface area contributed by atoms with Crippen molar-refractivity contribution in [2.45, 2.75) is 52.5 Å². The van der Waals surface area contributed by atoms with Crippen LogP contribution in [0.15, 0.2) is 36.4 Å². The van der Waals surface area contributed by atoms with Gasteiger partial charge >= 0.3 is 0 Å². The highest BCUT2D eigenvalue weighted by atomic mass is 16.5. The molecule has 0 saturated heterocycles. The van der Waals surface area contributed by atoms with Crippen LogP contribution < -0.4 is 10.1 Å². The Kier molecular flexibility index (Phi) is 8.05. The molecule has 0 aromatic heterocycles. The molecular formula is C18H29NO. The number of benzene rings is 1. The Morgan fingerprint density at radius 2 is 2.15 bits per heavy atom. The summed E-state index contributed by atoms with van der Waals surface area (Å²) in [7, 11) is 0. The maximum Gasteiger partial charge on any atom is 0.119 e. The first-order chi connectivity index (χ1) is 9.65. The summed E-state index contributed by atoms with van der Waals surface area (Å²) in [4.78, 5) is 0. The van der Waals surface area contributed by atoms with E-state index in [0.717, 1.165) is 44.6 Å². The van der Waals surface area contributed by atoms with Gasteiger partial charge in [-0.1, -0.05) is 38.1 Å². The smallest absolute Gasteiger partial charge is 0.119 e. The largest absolute Gasteiger partial charge is 0.494 e. The second-order valence-corrected chi connectivity index (χ2v) is 5.41. The Labute approximate surface area is 124 Å². The molecule has 0 aliphatic heterocycles. The van der Waals surface area contributed by atoms with Crippen molar-refractivity contribution in [2.24, 2.45) is 0 Å². The van der Waals surface area contributed by atoms with Gasteiger partial charge in [0.1, 0.15) is 5.75 Å². The van der Waals surface area contributed by atoms with Gasteiger partial charge in [-0.3, -0.25) is 0 Å². The summed E-state index contributed by atoms with van der Waals surface area (Å²) in [5.74, 6) is 0.966. The lowest BCUT2D eigenvalue weighted by molar-refractivity contribution is 0.284. The molecule has 0 aliphatic carbocycles. The van der Waals surface area contributed by atoms with Crippen molar-refractivity contribution in [3.8, 4) is 5.75 Å². The fourth-order valence-corrected chi connectivity index (χ4v) is 2.14. The van der Waals surface area contributed by atoms with E-state index in [0.29, 0.717) is 6.04 Å². The van der Waals surface area contributed by atoms with Gasteiger partial charge in [0, 0.05) is 6.04 Å². The molecule has 0 radical (unpaired) electrons. The first-order valence-corrected chi connectivity index (χ1v) is 7.75. The Morgan fingerprint density at radius 3 is 2.80 bits per heavy atom. The molecule has 0 aliphatic rings. The topological polar surface area (TPSA) is 21.3 Å². The highest BCUT2D eigenvalue weighted by molar-refractivity contribution is 5.27. The second-order valence-electron chi connectivity index (χ2n) is 5.41. The summed E-state index contributed by atoms with van der Waals surface area (Å²) < 4.78 is 5.84. The van der Waals surface area contributed by atoms with Gasteiger partial charge < -0.3 is 10.1 Å². The maximum absolute atomic E-state index is 5.84. The van der Waals surface area contributed by atoms with Crippen molar-refractivity contribution < 1.29 is 4.74 Å². The molecule has 0 saturated carbocycles. The Morgan fingerprint density at radius 1 is 1.35 bits per heavy atom. The fraction of sp³-hybridized carbons (Fsp3) is 0.556. The average Bonchev–Trinajstić information content (AvgIpc) is 2.44. The molecule has 1 rings (SSSR count). The van der Waals surface area contributed by atoms with E-state index in [1.54, 1.807) is 0 Å². The molecule has 112 valence electrons. The van der Waals surface area contributed by atoms with Crippen LogP contribution in [0.5, 0.6) is 5.75 Å². The van der Waals surface area contributed by atoms with Crippen LogP contribution in [0.25, 0.3) is 0 Å². The predicted octanol–water partition coefficient (Wildman–Crippen LogP) is 4.49. The van der Waals surface area contributed by atoms with Gasteiger partial charge in [-0.05, 0) is 56.8 Å². The van der Waals surface area contributed by atoms with Crippen molar-refractivity contribution in [2.75, 3.05) is 13.2 Å². The molecule has 1 aromatic carbocycles. The molecular weight excluding hydrogens is 246 g/mol. The van der Waals surface area contributed by atoms with E-state index in [-0.39, 0.29) is 0 Å². The number of rotatable bonds is 10. The van der Waals surface area contributed by atoms with Crippen LogP contribution in [0.4, 0.5) is 0 Å². The highest BCUT2D eigenvalue weighted by Crippen LogP contribution is 2.14. The minimum absolute atomic E-state index is 0.479. The third-order valence-corrected chi connectivity index (χ3v) is 3.44. The van der Waals surface area contributed by atoms with Crippen LogP contribution in [0.1, 0.15) is 45.1 Å². The van der Waals surface area contributed by atoms with Crippen molar-refractivity contribution >= 4 is 0 Å². The molecule has 0 amide bonds. The zero-order chi connectivity index (χ0) is 14.8. The molecule has 1 atom stereocenters. The van der Waals surface area contributed by atoms with Gasteiger partial charge in [-0.2, -0.15) is 0 Å². The molecule has 1 aromatic rings. The maximum atomic E-state index is 5.84. The summed E-state index contributed by atoms with van der Waals surface area (Å²) in [6.07, 6.45) is 4.29. The zero-order valence-corrected chi connectivity index (χ0v) is 13.2. The molecule has 0 fully saturated rings. The van der Waals surface area contributed by atoms with Crippen molar-refractivity contribution in [3.05, 3.63) is 42.0 Å². The van der Waals surface area contributed by atoms with E-state index in [1.807, 2.05) is 12.1 Å². The Hall–Kier alpha value is -1.28. The summed E-state index contributed by atoms with van der Waals surface area (Å²) in [6, 6.07) is 8.71. The molecule has 0 bridgehead atoms. The summed E-state index contributed by atoms with van der Waals surface area (Å²) in [5, 5.41) is 3.59. The zero-order valence-electron chi connectivity index (χ0n) is 13.2. The Balaban J connectivity index is 2.38. The quantitative estimate of drug-likeness (QED) is 0.635. The molecule has 1 unspecified atom stereocenters. The second kappa shape index (κ2) is 9.60. The lowest BCUT2D eigenvalue weighted by atomic mass is 10.0. The molecule has 1 N–H and O–H groups in total. The number of ether oxygens (including phenoxy) is 1. The first kappa shape index (κ1) is 16.8. The Bertz CT molecular complexity index is 400. The number of hydrogen-bond acceptors (Lipinski definition) is 2. The van der Waals surface area contributed by atoms with Gasteiger partial charge in [0.15, 0.2) is 0 Å². The molecule has 2 nitrogen and oxygen atoms in total. The number of hydrogen-bond donors (Lipinski definition) is 1. The first-order valence-electron chi connectivity index (χ1n) is 7.75. The van der Waals surface area contributed by atoms with Gasteiger partial charge in [-0.15, -0.1) is 0 Å². The van der Waals surface area contributed by atoms with E-state index in [4.69, 9.17) is 4.74 Å². The highest BCUT2D eigenvalue weighted by Gasteiger charge is 2.09. The lowest BCUT2D eigenvalue weighted by Gasteiger charge is -2.19. The van der Waals surface area contributed by atoms with Crippen LogP contribution in [0.2, 0.25) is 0 Å². The van der Waals surface area contributed by atoms with E-state index >= 15 is 0 Å². The van der Waals surface area contributed by atoms with E-state index < -0.39 is 0 Å². The van der Waals surface area contributed by atoms with Crippen molar-refractivity contribution in [1.82, 2.24) is 5.32 Å². The molecule has 0 heterocycles. The molecule has 0 spiro atoms. The minimum Gasteiger partial charge on any atom is -0.494 e. The fourth-order valence-electron chi connectivity index (χ4n) is 2.14. The van der Waals surface area contributed by atoms with Gasteiger partial charge in [-0.25, -0.2) is 0 Å². The summed E-state index contributed by atoms with van der Waals surface area (Å²) >= 11 is 0. The van der Waals surface area contributed by atoms with Crippen LogP contribution >= 0.6 is 0 Å². The van der Waals surface area contributed by atoms with Gasteiger partial charge in [0.2, 0.25) is 0 Å². The number of nitrogens with one attached hydrogen (secondary N) is 1. The van der Waals surface area contributed by atoms with Crippen LogP contribution in [-0.2, 0) is 0 Å². The number of aryl methyl sites for hydroxylation is 1. The van der Waals surface area contributed by atoms with E-state index in [9.17, 15) is 0 Å². The minimum atomic E-state index is 0.479. The summed E-state index contributed by atoms with van der Waals surface area (Å²) in [5.41, 5.74) is 2.55. The standard InChI is InChI=1S/C18H29NO/c1-5-11-19-17(13-15(3)6-2)10-12-20-18-9-7-8-16(4)14-18/h7-9,14,17,19H,3,5-6,10-13H2,1-2,4H3. The van der Waals surface area contributed by atoms with Gasteiger partial charge in [0.05, 0.1) is 6.61 Å². The SMILES string of the molecule is C=C(CC)CC(CCOc1cccc(C)c1)NCCC. The van der Waals surface area contributed by atoms with Crippen molar-refractivity contribution in [1.29, 1.82) is 0 Å². The third-order valence-electron chi connectivity index (χ3n) is 3.44. The molecule has 2 heteroatoms. The predicted molar refractivity (Wildman–Crippen MR) is 87.4 cm³/mol. The van der Waals surface area contributed by atoms with Crippen LogP contribution in [0.3, 0.4) is 0 Å². The van der Waals surface area contributed by atoms with Crippen molar-refractivity contribution in [3.63, 3.8) is 0 Å². The monoisotopic (exact) mass is 275 g/mol. The van der Waals surface area contributed by atoms with E-state index in [2.05, 4.69) is 44.8 Å². The normalized spacial score (nSPS) is 12.2. The average molecular weight is 275 g/mol. The van der Waals surface area contributed by atoms with Crippen LogP contribution in [-0.4, -0.2) is 19.2 Å². The molecule has 20 heavy (non-hydrogen) atoms. The lowest BCUT2D eigenvalue weighted by Crippen LogP contribution is -2.31. The third kappa shape index (κ3) is 6.76.